The van der Waals surface area contributed by atoms with Crippen molar-refractivity contribution in [3.8, 4) is 0 Å². The van der Waals surface area contributed by atoms with Gasteiger partial charge in [-0.1, -0.05) is 36.8 Å². The number of aryl methyl sites for hydroxylation is 1. The van der Waals surface area contributed by atoms with E-state index in [2.05, 4.69) is 0 Å². The third kappa shape index (κ3) is 2.52. The fourth-order valence-corrected chi connectivity index (χ4v) is 3.11. The molecule has 0 N–H and O–H groups in total. The molecule has 0 bridgehead atoms. The standard InChI is InChI=1S/C16H19NO2S/c1-5-20-14-13(12-8-6-11(4)7-9-12)15(18)17(10(2)3)16(14)19/h6-10H,5H2,1-4H3. The number of amides is 2. The van der Waals surface area contributed by atoms with Crippen LogP contribution in [0.5, 0.6) is 0 Å². The molecule has 1 aromatic carbocycles. The van der Waals surface area contributed by atoms with Gasteiger partial charge < -0.3 is 0 Å². The molecule has 0 saturated carbocycles. The third-order valence-corrected chi connectivity index (χ3v) is 4.17. The number of carbonyl (C=O) groups is 2. The summed E-state index contributed by atoms with van der Waals surface area (Å²) in [6.45, 7) is 7.71. The Morgan fingerprint density at radius 1 is 1.10 bits per heavy atom. The van der Waals surface area contributed by atoms with Crippen molar-refractivity contribution in [3.05, 3.63) is 40.3 Å². The fourth-order valence-electron chi connectivity index (χ4n) is 2.25. The van der Waals surface area contributed by atoms with Crippen LogP contribution in [0.3, 0.4) is 0 Å². The first kappa shape index (κ1) is 14.9. The minimum Gasteiger partial charge on any atom is -0.271 e. The van der Waals surface area contributed by atoms with Gasteiger partial charge in [0.05, 0.1) is 10.5 Å². The maximum Gasteiger partial charge on any atom is 0.268 e. The van der Waals surface area contributed by atoms with Crippen molar-refractivity contribution in [2.24, 2.45) is 0 Å². The molecule has 3 nitrogen and oxygen atoms in total. The van der Waals surface area contributed by atoms with Gasteiger partial charge in [-0.3, -0.25) is 14.5 Å². The average molecular weight is 289 g/mol. The van der Waals surface area contributed by atoms with Crippen molar-refractivity contribution in [1.29, 1.82) is 0 Å². The molecule has 20 heavy (non-hydrogen) atoms. The van der Waals surface area contributed by atoms with Gasteiger partial charge in [0, 0.05) is 6.04 Å². The van der Waals surface area contributed by atoms with E-state index in [0.717, 1.165) is 16.9 Å². The molecule has 1 aromatic rings. The van der Waals surface area contributed by atoms with Gasteiger partial charge in [-0.05, 0) is 32.1 Å². The molecular weight excluding hydrogens is 270 g/mol. The van der Waals surface area contributed by atoms with E-state index in [4.69, 9.17) is 0 Å². The summed E-state index contributed by atoms with van der Waals surface area (Å²) in [6.07, 6.45) is 0. The summed E-state index contributed by atoms with van der Waals surface area (Å²) < 4.78 is 0. The van der Waals surface area contributed by atoms with Crippen molar-refractivity contribution in [2.75, 3.05) is 5.75 Å². The van der Waals surface area contributed by atoms with Crippen LogP contribution in [-0.2, 0) is 9.59 Å². The molecule has 0 aliphatic carbocycles. The quantitative estimate of drug-likeness (QED) is 0.799. The molecule has 1 heterocycles. The molecule has 1 aliphatic rings. The topological polar surface area (TPSA) is 37.4 Å². The lowest BCUT2D eigenvalue weighted by molar-refractivity contribution is -0.138. The molecule has 2 rings (SSSR count). The van der Waals surface area contributed by atoms with Gasteiger partial charge in [0.15, 0.2) is 0 Å². The maximum atomic E-state index is 12.6. The molecule has 0 spiro atoms. The SMILES string of the molecule is CCSC1=C(c2ccc(C)cc2)C(=O)N(C(C)C)C1=O. The molecule has 0 fully saturated rings. The number of rotatable bonds is 4. The summed E-state index contributed by atoms with van der Waals surface area (Å²) in [4.78, 5) is 26.9. The van der Waals surface area contributed by atoms with E-state index in [1.54, 1.807) is 0 Å². The van der Waals surface area contributed by atoms with Crippen LogP contribution in [0.1, 0.15) is 31.9 Å². The second-order valence-corrected chi connectivity index (χ2v) is 6.35. The van der Waals surface area contributed by atoms with Crippen LogP contribution in [0.15, 0.2) is 29.2 Å². The summed E-state index contributed by atoms with van der Waals surface area (Å²) >= 11 is 1.45. The van der Waals surface area contributed by atoms with Crippen molar-refractivity contribution in [1.82, 2.24) is 4.90 Å². The lowest BCUT2D eigenvalue weighted by Gasteiger charge is -2.19. The van der Waals surface area contributed by atoms with Gasteiger partial charge in [-0.25, -0.2) is 0 Å². The number of thioether (sulfide) groups is 1. The molecule has 0 saturated heterocycles. The smallest absolute Gasteiger partial charge is 0.268 e. The van der Waals surface area contributed by atoms with Crippen molar-refractivity contribution in [3.63, 3.8) is 0 Å². The van der Waals surface area contributed by atoms with Gasteiger partial charge in [0.1, 0.15) is 0 Å². The number of benzene rings is 1. The van der Waals surface area contributed by atoms with Crippen molar-refractivity contribution >= 4 is 29.1 Å². The Bertz CT molecular complexity index is 573. The molecule has 0 radical (unpaired) electrons. The van der Waals surface area contributed by atoms with Gasteiger partial charge in [0.25, 0.3) is 11.8 Å². The first-order valence-corrected chi connectivity index (χ1v) is 7.78. The lowest BCUT2D eigenvalue weighted by atomic mass is 10.0. The van der Waals surface area contributed by atoms with Gasteiger partial charge in [-0.15, -0.1) is 11.8 Å². The summed E-state index contributed by atoms with van der Waals surface area (Å²) in [6, 6.07) is 7.63. The van der Waals surface area contributed by atoms with E-state index in [0.29, 0.717) is 10.5 Å². The van der Waals surface area contributed by atoms with Gasteiger partial charge in [-0.2, -0.15) is 0 Å². The molecule has 1 aliphatic heterocycles. The zero-order valence-electron chi connectivity index (χ0n) is 12.3. The van der Waals surface area contributed by atoms with Crippen LogP contribution in [0, 0.1) is 6.92 Å². The molecule has 4 heteroatoms. The van der Waals surface area contributed by atoms with E-state index in [-0.39, 0.29) is 17.9 Å². The Hall–Kier alpha value is -1.55. The summed E-state index contributed by atoms with van der Waals surface area (Å²) in [5.74, 6) is 0.438. The highest BCUT2D eigenvalue weighted by molar-refractivity contribution is 8.04. The van der Waals surface area contributed by atoms with Crippen LogP contribution in [0.25, 0.3) is 5.57 Å². The Kier molecular flexibility index (Phi) is 4.33. The summed E-state index contributed by atoms with van der Waals surface area (Å²) in [7, 11) is 0. The number of nitrogens with zero attached hydrogens (tertiary/aromatic N) is 1. The highest BCUT2D eigenvalue weighted by Crippen LogP contribution is 2.36. The van der Waals surface area contributed by atoms with E-state index in [1.807, 2.05) is 52.0 Å². The molecule has 106 valence electrons. The normalized spacial score (nSPS) is 15.8. The second-order valence-electron chi connectivity index (χ2n) is 5.08. The third-order valence-electron chi connectivity index (χ3n) is 3.22. The van der Waals surface area contributed by atoms with Crippen molar-refractivity contribution < 1.29 is 9.59 Å². The molecule has 0 atom stereocenters. The Balaban J connectivity index is 2.52. The van der Waals surface area contributed by atoms with Crippen LogP contribution < -0.4 is 0 Å². The summed E-state index contributed by atoms with van der Waals surface area (Å²) in [5.41, 5.74) is 2.51. The number of hydrogen-bond acceptors (Lipinski definition) is 3. The van der Waals surface area contributed by atoms with Crippen molar-refractivity contribution in [2.45, 2.75) is 33.7 Å². The van der Waals surface area contributed by atoms with Crippen LogP contribution in [0.4, 0.5) is 0 Å². The number of hydrogen-bond donors (Lipinski definition) is 0. The largest absolute Gasteiger partial charge is 0.271 e. The lowest BCUT2D eigenvalue weighted by Crippen LogP contribution is -2.37. The predicted molar refractivity (Wildman–Crippen MR) is 83.2 cm³/mol. The highest BCUT2D eigenvalue weighted by atomic mass is 32.2. The minimum absolute atomic E-state index is 0.120. The minimum atomic E-state index is -0.176. The van der Waals surface area contributed by atoms with Crippen LogP contribution in [0.2, 0.25) is 0 Å². The second kappa shape index (κ2) is 5.83. The Morgan fingerprint density at radius 3 is 2.20 bits per heavy atom. The maximum absolute atomic E-state index is 12.6. The molecule has 0 aromatic heterocycles. The van der Waals surface area contributed by atoms with E-state index in [1.165, 1.54) is 16.7 Å². The molecular formula is C16H19NO2S. The zero-order valence-corrected chi connectivity index (χ0v) is 13.1. The van der Waals surface area contributed by atoms with E-state index in [9.17, 15) is 9.59 Å². The molecule has 2 amide bonds. The van der Waals surface area contributed by atoms with Gasteiger partial charge in [0.2, 0.25) is 0 Å². The van der Waals surface area contributed by atoms with E-state index < -0.39 is 0 Å². The fraction of sp³-hybridized carbons (Fsp3) is 0.375. The first-order valence-electron chi connectivity index (χ1n) is 6.79. The average Bonchev–Trinajstić information content (AvgIpc) is 2.63. The Morgan fingerprint density at radius 2 is 1.70 bits per heavy atom. The monoisotopic (exact) mass is 289 g/mol. The first-order chi connectivity index (χ1) is 9.47. The van der Waals surface area contributed by atoms with Crippen LogP contribution in [-0.4, -0.2) is 28.5 Å². The van der Waals surface area contributed by atoms with E-state index >= 15 is 0 Å². The van der Waals surface area contributed by atoms with Gasteiger partial charge >= 0.3 is 0 Å². The van der Waals surface area contributed by atoms with Crippen LogP contribution >= 0.6 is 11.8 Å². The predicted octanol–water partition coefficient (Wildman–Crippen LogP) is 3.24. The Labute approximate surface area is 124 Å². The highest BCUT2D eigenvalue weighted by Gasteiger charge is 2.40. The number of carbonyl (C=O) groups excluding carboxylic acids is 2. The molecule has 0 unspecified atom stereocenters. The zero-order chi connectivity index (χ0) is 14.9. The summed E-state index contributed by atoms with van der Waals surface area (Å²) in [5, 5.41) is 0. The number of imide groups is 1.